The van der Waals surface area contributed by atoms with Gasteiger partial charge in [0.25, 0.3) is 0 Å². The third-order valence-electron chi connectivity index (χ3n) is 3.01. The van der Waals surface area contributed by atoms with Crippen molar-refractivity contribution in [3.05, 3.63) is 42.1 Å². The Hall–Kier alpha value is -2.43. The Morgan fingerprint density at radius 3 is 2.58 bits per heavy atom. The summed E-state index contributed by atoms with van der Waals surface area (Å²) < 4.78 is 0. The zero-order chi connectivity index (χ0) is 13.2. The zero-order valence-electron chi connectivity index (χ0n) is 10.3. The second-order valence-corrected chi connectivity index (χ2v) is 4.63. The summed E-state index contributed by atoms with van der Waals surface area (Å²) in [6.07, 6.45) is 4.13. The maximum absolute atomic E-state index is 11.0. The molecule has 1 saturated carbocycles. The number of hydrogen-bond acceptors (Lipinski definition) is 4. The molecule has 1 aromatic heterocycles. The van der Waals surface area contributed by atoms with Crippen molar-refractivity contribution in [2.75, 3.05) is 5.32 Å². The van der Waals surface area contributed by atoms with Crippen molar-refractivity contribution in [3.63, 3.8) is 0 Å². The number of carbonyl (C=O) groups is 1. The van der Waals surface area contributed by atoms with E-state index in [4.69, 9.17) is 5.73 Å². The van der Waals surface area contributed by atoms with Gasteiger partial charge in [0.1, 0.15) is 5.82 Å². The molecule has 96 valence electrons. The average Bonchev–Trinajstić information content (AvgIpc) is 3.23. The molecule has 0 radical (unpaired) electrons. The molecule has 0 atom stereocenters. The SMILES string of the molecule is NC(=O)c1ccc(-c2nccc(NC3CC3)n2)cc1. The lowest BCUT2D eigenvalue weighted by Crippen LogP contribution is -2.10. The van der Waals surface area contributed by atoms with Crippen molar-refractivity contribution >= 4 is 11.7 Å². The summed E-state index contributed by atoms with van der Waals surface area (Å²) in [5.41, 5.74) is 6.56. The van der Waals surface area contributed by atoms with Crippen LogP contribution in [0.25, 0.3) is 11.4 Å². The van der Waals surface area contributed by atoms with Gasteiger partial charge in [0.05, 0.1) is 0 Å². The van der Waals surface area contributed by atoms with E-state index in [1.54, 1.807) is 30.5 Å². The Labute approximate surface area is 110 Å². The van der Waals surface area contributed by atoms with Crippen LogP contribution in [0.2, 0.25) is 0 Å². The van der Waals surface area contributed by atoms with Crippen LogP contribution in [0.4, 0.5) is 5.82 Å². The molecule has 3 rings (SSSR count). The smallest absolute Gasteiger partial charge is 0.248 e. The van der Waals surface area contributed by atoms with E-state index >= 15 is 0 Å². The maximum atomic E-state index is 11.0. The predicted molar refractivity (Wildman–Crippen MR) is 72.6 cm³/mol. The first-order valence-electron chi connectivity index (χ1n) is 6.22. The lowest BCUT2D eigenvalue weighted by Gasteiger charge is -2.05. The second-order valence-electron chi connectivity index (χ2n) is 4.63. The molecule has 0 spiro atoms. The Kier molecular flexibility index (Phi) is 2.87. The van der Waals surface area contributed by atoms with Crippen molar-refractivity contribution in [1.29, 1.82) is 0 Å². The second kappa shape index (κ2) is 4.68. The van der Waals surface area contributed by atoms with E-state index in [2.05, 4.69) is 15.3 Å². The van der Waals surface area contributed by atoms with Gasteiger partial charge in [0.15, 0.2) is 5.82 Å². The summed E-state index contributed by atoms with van der Waals surface area (Å²) in [6.45, 7) is 0. The van der Waals surface area contributed by atoms with E-state index in [1.165, 1.54) is 12.8 Å². The summed E-state index contributed by atoms with van der Waals surface area (Å²) in [7, 11) is 0. The molecule has 0 unspecified atom stereocenters. The van der Waals surface area contributed by atoms with E-state index < -0.39 is 5.91 Å². The van der Waals surface area contributed by atoms with Gasteiger partial charge in [-0.3, -0.25) is 4.79 Å². The minimum atomic E-state index is -0.434. The molecular formula is C14H14N4O. The Bertz CT molecular complexity index is 605. The summed E-state index contributed by atoms with van der Waals surface area (Å²) in [5.74, 6) is 1.05. The molecule has 1 heterocycles. The summed E-state index contributed by atoms with van der Waals surface area (Å²) in [5, 5.41) is 3.33. The number of nitrogens with zero attached hydrogens (tertiary/aromatic N) is 2. The van der Waals surface area contributed by atoms with Crippen LogP contribution in [0.3, 0.4) is 0 Å². The average molecular weight is 254 g/mol. The molecule has 19 heavy (non-hydrogen) atoms. The van der Waals surface area contributed by atoms with Crippen LogP contribution in [-0.4, -0.2) is 21.9 Å². The van der Waals surface area contributed by atoms with Gasteiger partial charge in [-0.15, -0.1) is 0 Å². The zero-order valence-corrected chi connectivity index (χ0v) is 10.3. The molecule has 0 aliphatic heterocycles. The number of primary amides is 1. The number of nitrogens with one attached hydrogen (secondary N) is 1. The Morgan fingerprint density at radius 1 is 1.21 bits per heavy atom. The van der Waals surface area contributed by atoms with Gasteiger partial charge in [0.2, 0.25) is 5.91 Å². The molecule has 5 heteroatoms. The normalized spacial score (nSPS) is 14.1. The molecular weight excluding hydrogens is 240 g/mol. The van der Waals surface area contributed by atoms with Gasteiger partial charge in [-0.25, -0.2) is 9.97 Å². The summed E-state index contributed by atoms with van der Waals surface area (Å²) in [6, 6.07) is 9.39. The van der Waals surface area contributed by atoms with Crippen LogP contribution in [0, 0.1) is 0 Å². The number of carbonyl (C=O) groups excluding carboxylic acids is 1. The number of anilines is 1. The van der Waals surface area contributed by atoms with Crippen molar-refractivity contribution in [3.8, 4) is 11.4 Å². The molecule has 2 aromatic rings. The fourth-order valence-electron chi connectivity index (χ4n) is 1.80. The van der Waals surface area contributed by atoms with Crippen molar-refractivity contribution < 1.29 is 4.79 Å². The minimum Gasteiger partial charge on any atom is -0.367 e. The standard InChI is InChI=1S/C14H14N4O/c15-13(19)9-1-3-10(4-2-9)14-16-8-7-12(18-14)17-11-5-6-11/h1-4,7-8,11H,5-6H2,(H2,15,19)(H,16,17,18). The molecule has 3 N–H and O–H groups in total. The van der Waals surface area contributed by atoms with Crippen LogP contribution < -0.4 is 11.1 Å². The quantitative estimate of drug-likeness (QED) is 0.872. The van der Waals surface area contributed by atoms with E-state index in [0.717, 1.165) is 11.4 Å². The Balaban J connectivity index is 1.85. The third-order valence-corrected chi connectivity index (χ3v) is 3.01. The first kappa shape index (κ1) is 11.6. The lowest BCUT2D eigenvalue weighted by molar-refractivity contribution is 0.100. The highest BCUT2D eigenvalue weighted by molar-refractivity contribution is 5.93. The molecule has 0 bridgehead atoms. The molecule has 1 aromatic carbocycles. The maximum Gasteiger partial charge on any atom is 0.248 e. The lowest BCUT2D eigenvalue weighted by atomic mass is 10.1. The molecule has 5 nitrogen and oxygen atoms in total. The molecule has 0 saturated heterocycles. The number of aromatic nitrogens is 2. The van der Waals surface area contributed by atoms with Crippen LogP contribution in [0.15, 0.2) is 36.5 Å². The highest BCUT2D eigenvalue weighted by Gasteiger charge is 2.21. The molecule has 1 aliphatic rings. The number of nitrogens with two attached hydrogens (primary N) is 1. The topological polar surface area (TPSA) is 80.9 Å². The van der Waals surface area contributed by atoms with Crippen molar-refractivity contribution in [1.82, 2.24) is 9.97 Å². The molecule has 1 aliphatic carbocycles. The molecule has 1 fully saturated rings. The number of benzene rings is 1. The van der Waals surface area contributed by atoms with Gasteiger partial charge in [-0.2, -0.15) is 0 Å². The van der Waals surface area contributed by atoms with Crippen LogP contribution >= 0.6 is 0 Å². The van der Waals surface area contributed by atoms with Crippen LogP contribution in [-0.2, 0) is 0 Å². The monoisotopic (exact) mass is 254 g/mol. The van der Waals surface area contributed by atoms with Gasteiger partial charge in [-0.05, 0) is 31.0 Å². The summed E-state index contributed by atoms with van der Waals surface area (Å²) in [4.78, 5) is 19.7. The fraction of sp³-hybridized carbons (Fsp3) is 0.214. The van der Waals surface area contributed by atoms with Gasteiger partial charge in [-0.1, -0.05) is 12.1 Å². The van der Waals surface area contributed by atoms with E-state index in [9.17, 15) is 4.79 Å². The number of amides is 1. The fourth-order valence-corrected chi connectivity index (χ4v) is 1.80. The first-order chi connectivity index (χ1) is 9.22. The third kappa shape index (κ3) is 2.70. The van der Waals surface area contributed by atoms with E-state index in [-0.39, 0.29) is 0 Å². The van der Waals surface area contributed by atoms with Crippen LogP contribution in [0.5, 0.6) is 0 Å². The van der Waals surface area contributed by atoms with Crippen molar-refractivity contribution in [2.24, 2.45) is 5.73 Å². The highest BCUT2D eigenvalue weighted by Crippen LogP contribution is 2.24. The van der Waals surface area contributed by atoms with E-state index in [1.807, 2.05) is 6.07 Å². The van der Waals surface area contributed by atoms with Gasteiger partial charge in [0, 0.05) is 23.4 Å². The predicted octanol–water partition coefficient (Wildman–Crippen LogP) is 1.82. The number of hydrogen-bond donors (Lipinski definition) is 2. The largest absolute Gasteiger partial charge is 0.367 e. The van der Waals surface area contributed by atoms with Gasteiger partial charge < -0.3 is 11.1 Å². The first-order valence-corrected chi connectivity index (χ1v) is 6.22. The molecule has 1 amide bonds. The van der Waals surface area contributed by atoms with Crippen LogP contribution in [0.1, 0.15) is 23.2 Å². The van der Waals surface area contributed by atoms with E-state index in [0.29, 0.717) is 17.4 Å². The number of rotatable bonds is 4. The van der Waals surface area contributed by atoms with Crippen molar-refractivity contribution in [2.45, 2.75) is 18.9 Å². The Morgan fingerprint density at radius 2 is 1.95 bits per heavy atom. The summed E-state index contributed by atoms with van der Waals surface area (Å²) >= 11 is 0. The minimum absolute atomic E-state index is 0.434. The highest BCUT2D eigenvalue weighted by atomic mass is 16.1. The van der Waals surface area contributed by atoms with Gasteiger partial charge >= 0.3 is 0 Å².